The Morgan fingerprint density at radius 2 is 1.76 bits per heavy atom. The van der Waals surface area contributed by atoms with Crippen LogP contribution < -0.4 is 18.9 Å². The molecule has 1 aliphatic heterocycles. The number of hydrogen-bond acceptors (Lipinski definition) is 7. The summed E-state index contributed by atoms with van der Waals surface area (Å²) < 4.78 is 27.0. The molecule has 2 heterocycles. The average molecular weight is 509 g/mol. The summed E-state index contributed by atoms with van der Waals surface area (Å²) in [4.78, 5) is 30.2. The summed E-state index contributed by atoms with van der Waals surface area (Å²) in [5, 5.41) is 0. The molecule has 0 radical (unpaired) electrons. The minimum atomic E-state index is -0.250. The Balaban J connectivity index is 1.50. The first-order valence-electron chi connectivity index (χ1n) is 12.1. The van der Waals surface area contributed by atoms with Crippen molar-refractivity contribution in [2.24, 2.45) is 0 Å². The number of hydrogen-bond donors (Lipinski definition) is 0. The van der Waals surface area contributed by atoms with Crippen LogP contribution in [0.1, 0.15) is 35.5 Å². The predicted octanol–water partition coefficient (Wildman–Crippen LogP) is 4.15. The maximum absolute atomic E-state index is 13.6. The number of ether oxygens (including phenoxy) is 4. The first kappa shape index (κ1) is 25.9. The molecule has 0 fully saturated rings. The van der Waals surface area contributed by atoms with E-state index in [0.29, 0.717) is 53.8 Å². The molecule has 0 saturated heterocycles. The van der Waals surface area contributed by atoms with E-state index >= 15 is 0 Å². The highest BCUT2D eigenvalue weighted by atomic mass is 16.7. The van der Waals surface area contributed by atoms with E-state index in [0.717, 1.165) is 5.56 Å². The lowest BCUT2D eigenvalue weighted by atomic mass is 10.1. The lowest BCUT2D eigenvalue weighted by Gasteiger charge is -2.30. The van der Waals surface area contributed by atoms with Crippen molar-refractivity contribution in [3.05, 3.63) is 71.7 Å². The zero-order valence-electron chi connectivity index (χ0n) is 21.6. The molecule has 1 aromatic heterocycles. The first-order valence-corrected chi connectivity index (χ1v) is 12.1. The van der Waals surface area contributed by atoms with Crippen LogP contribution in [-0.2, 0) is 17.8 Å². The summed E-state index contributed by atoms with van der Waals surface area (Å²) in [7, 11) is 3.18. The van der Waals surface area contributed by atoms with Gasteiger partial charge in [-0.25, -0.2) is 0 Å². The van der Waals surface area contributed by atoms with E-state index in [2.05, 4.69) is 0 Å². The van der Waals surface area contributed by atoms with Gasteiger partial charge in [-0.15, -0.1) is 0 Å². The maximum atomic E-state index is 13.6. The van der Waals surface area contributed by atoms with E-state index in [9.17, 15) is 9.59 Å². The van der Waals surface area contributed by atoms with Gasteiger partial charge >= 0.3 is 0 Å². The minimum Gasteiger partial charge on any atom is -0.493 e. The van der Waals surface area contributed by atoms with Gasteiger partial charge in [-0.05, 0) is 68.3 Å². The Morgan fingerprint density at radius 3 is 2.46 bits per heavy atom. The van der Waals surface area contributed by atoms with E-state index in [1.807, 2.05) is 38.1 Å². The van der Waals surface area contributed by atoms with Crippen LogP contribution in [-0.4, -0.2) is 61.8 Å². The number of carbonyl (C=O) groups excluding carboxylic acids is 2. The molecule has 0 saturated carbocycles. The number of nitrogens with zero attached hydrogens (tertiary/aromatic N) is 2. The van der Waals surface area contributed by atoms with Gasteiger partial charge in [0, 0.05) is 18.2 Å². The largest absolute Gasteiger partial charge is 0.493 e. The third-order valence-corrected chi connectivity index (χ3v) is 6.21. The molecule has 4 rings (SSSR count). The summed E-state index contributed by atoms with van der Waals surface area (Å²) >= 11 is 0. The van der Waals surface area contributed by atoms with Crippen molar-refractivity contribution >= 4 is 11.8 Å². The zero-order chi connectivity index (χ0) is 26.4. The Labute approximate surface area is 216 Å². The fraction of sp³-hybridized carbons (Fsp3) is 0.357. The van der Waals surface area contributed by atoms with Crippen molar-refractivity contribution in [3.63, 3.8) is 0 Å². The minimum absolute atomic E-state index is 0.0718. The van der Waals surface area contributed by atoms with Crippen molar-refractivity contribution in [1.82, 2.24) is 9.80 Å². The summed E-state index contributed by atoms with van der Waals surface area (Å²) in [6.07, 6.45) is 2.17. The third-order valence-electron chi connectivity index (χ3n) is 6.21. The molecule has 0 atom stereocenters. The Morgan fingerprint density at radius 1 is 0.973 bits per heavy atom. The van der Waals surface area contributed by atoms with Crippen LogP contribution in [0.3, 0.4) is 0 Å². The fourth-order valence-electron chi connectivity index (χ4n) is 4.11. The van der Waals surface area contributed by atoms with Crippen LogP contribution in [0, 0.1) is 0 Å². The van der Waals surface area contributed by atoms with Gasteiger partial charge in [-0.3, -0.25) is 9.59 Å². The maximum Gasteiger partial charge on any atom is 0.254 e. The normalized spacial score (nSPS) is 11.9. The molecule has 3 aromatic rings. The number of methoxy groups -OCH3 is 2. The smallest absolute Gasteiger partial charge is 0.254 e. The van der Waals surface area contributed by atoms with Crippen molar-refractivity contribution in [3.8, 4) is 23.0 Å². The summed E-state index contributed by atoms with van der Waals surface area (Å²) in [5.41, 5.74) is 1.43. The van der Waals surface area contributed by atoms with Crippen molar-refractivity contribution in [2.75, 3.05) is 34.1 Å². The van der Waals surface area contributed by atoms with Gasteiger partial charge in [0.25, 0.3) is 5.91 Å². The van der Waals surface area contributed by atoms with E-state index < -0.39 is 0 Å². The van der Waals surface area contributed by atoms with E-state index in [1.165, 1.54) is 0 Å². The van der Waals surface area contributed by atoms with Crippen LogP contribution in [0.25, 0.3) is 0 Å². The fourth-order valence-corrected chi connectivity index (χ4v) is 4.11. The highest BCUT2D eigenvalue weighted by Gasteiger charge is 2.26. The Kier molecular flexibility index (Phi) is 8.22. The van der Waals surface area contributed by atoms with Crippen molar-refractivity contribution in [2.45, 2.75) is 32.9 Å². The average Bonchev–Trinajstić information content (AvgIpc) is 3.60. The molecule has 0 N–H and O–H groups in total. The van der Waals surface area contributed by atoms with Crippen LogP contribution >= 0.6 is 0 Å². The molecule has 1 aliphatic rings. The summed E-state index contributed by atoms with van der Waals surface area (Å²) in [5.74, 6) is 2.63. The third kappa shape index (κ3) is 6.17. The van der Waals surface area contributed by atoms with Gasteiger partial charge in [0.05, 0.1) is 27.0 Å². The number of rotatable bonds is 11. The van der Waals surface area contributed by atoms with Crippen molar-refractivity contribution < 1.29 is 33.0 Å². The second-order valence-corrected chi connectivity index (χ2v) is 8.93. The predicted molar refractivity (Wildman–Crippen MR) is 136 cm³/mol. The van der Waals surface area contributed by atoms with Crippen molar-refractivity contribution in [1.29, 1.82) is 0 Å². The SMILES string of the molecule is COc1ccc(CCN(Cc2ccco2)C(=O)CN(C(=O)c2ccc3c(c2)OCO3)C(C)C)cc1OC. The number of carbonyl (C=O) groups is 2. The molecule has 0 spiro atoms. The molecule has 196 valence electrons. The summed E-state index contributed by atoms with van der Waals surface area (Å²) in [6, 6.07) is 14.2. The molecule has 2 amide bonds. The molecule has 9 nitrogen and oxygen atoms in total. The number of amides is 2. The summed E-state index contributed by atoms with van der Waals surface area (Å²) in [6.45, 7) is 4.55. The molecule has 0 unspecified atom stereocenters. The van der Waals surface area contributed by atoms with Crippen LogP contribution in [0.2, 0.25) is 0 Å². The molecule has 0 bridgehead atoms. The zero-order valence-corrected chi connectivity index (χ0v) is 21.6. The van der Waals surface area contributed by atoms with Crippen LogP contribution in [0.5, 0.6) is 23.0 Å². The standard InChI is InChI=1S/C28H32N2O7/c1-19(2)30(28(32)21-8-10-24-26(15-21)37-18-36-24)17-27(31)29(16-22-6-5-13-35-22)12-11-20-7-9-23(33-3)25(14-20)34-4/h5-10,13-15,19H,11-12,16-18H2,1-4H3. The highest BCUT2D eigenvalue weighted by Crippen LogP contribution is 2.33. The van der Waals surface area contributed by atoms with Gasteiger partial charge < -0.3 is 33.2 Å². The number of fused-ring (bicyclic) bond motifs is 1. The monoisotopic (exact) mass is 508 g/mol. The van der Waals surface area contributed by atoms with E-state index in [-0.39, 0.29) is 31.2 Å². The molecule has 0 aliphatic carbocycles. The van der Waals surface area contributed by atoms with Gasteiger partial charge in [-0.1, -0.05) is 6.07 Å². The topological polar surface area (TPSA) is 90.7 Å². The second-order valence-electron chi connectivity index (χ2n) is 8.93. The lowest BCUT2D eigenvalue weighted by molar-refractivity contribution is -0.133. The Hall–Kier alpha value is -4.14. The molecule has 9 heteroatoms. The highest BCUT2D eigenvalue weighted by molar-refractivity contribution is 5.97. The second kappa shape index (κ2) is 11.7. The quantitative estimate of drug-likeness (QED) is 0.384. The van der Waals surface area contributed by atoms with Gasteiger partial charge in [-0.2, -0.15) is 0 Å². The molecular weight excluding hydrogens is 476 g/mol. The van der Waals surface area contributed by atoms with E-state index in [1.54, 1.807) is 54.5 Å². The van der Waals surface area contributed by atoms with Gasteiger partial charge in [0.1, 0.15) is 12.3 Å². The number of furan rings is 1. The molecular formula is C28H32N2O7. The lowest BCUT2D eigenvalue weighted by Crippen LogP contribution is -2.46. The first-order chi connectivity index (χ1) is 17.9. The van der Waals surface area contributed by atoms with Gasteiger partial charge in [0.2, 0.25) is 12.7 Å². The van der Waals surface area contributed by atoms with E-state index in [4.69, 9.17) is 23.4 Å². The molecule has 37 heavy (non-hydrogen) atoms. The molecule has 2 aromatic carbocycles. The Bertz CT molecular complexity index is 1220. The number of benzene rings is 2. The van der Waals surface area contributed by atoms with Crippen LogP contribution in [0.15, 0.2) is 59.2 Å². The van der Waals surface area contributed by atoms with Crippen LogP contribution in [0.4, 0.5) is 0 Å². The van der Waals surface area contributed by atoms with Gasteiger partial charge in [0.15, 0.2) is 23.0 Å².